The van der Waals surface area contributed by atoms with Crippen LogP contribution in [0.2, 0.25) is 0 Å². The van der Waals surface area contributed by atoms with Crippen LogP contribution in [0.15, 0.2) is 12.4 Å². The van der Waals surface area contributed by atoms with Crippen LogP contribution < -0.4 is 10.6 Å². The van der Waals surface area contributed by atoms with Crippen LogP contribution in [0.4, 0.5) is 5.69 Å². The van der Waals surface area contributed by atoms with Crippen molar-refractivity contribution in [2.45, 2.75) is 0 Å². The van der Waals surface area contributed by atoms with Crippen LogP contribution in [0.1, 0.15) is 0 Å². The summed E-state index contributed by atoms with van der Waals surface area (Å²) in [7, 11) is 3.43. The van der Waals surface area contributed by atoms with Crippen molar-refractivity contribution in [3.05, 3.63) is 12.4 Å². The smallest absolute Gasteiger partial charge is 0.239 e. The maximum Gasteiger partial charge on any atom is 0.239 e. The number of rotatable bonds is 3. The van der Waals surface area contributed by atoms with E-state index in [1.165, 1.54) is 0 Å². The van der Waals surface area contributed by atoms with E-state index >= 15 is 0 Å². The van der Waals surface area contributed by atoms with Crippen LogP contribution >= 0.6 is 0 Å². The molecule has 0 unspecified atom stereocenters. The van der Waals surface area contributed by atoms with Gasteiger partial charge in [0.25, 0.3) is 0 Å². The van der Waals surface area contributed by atoms with Crippen LogP contribution in [-0.4, -0.2) is 29.3 Å². The summed E-state index contributed by atoms with van der Waals surface area (Å²) in [6.07, 6.45) is 3.48. The van der Waals surface area contributed by atoms with Crippen LogP contribution in [0.25, 0.3) is 0 Å². The molecule has 0 aliphatic heterocycles. The molecule has 2 N–H and O–H groups in total. The SMILES string of the molecule is CNC(=O)CNc1cnn(C)c1. The number of anilines is 1. The molecule has 0 aliphatic carbocycles. The lowest BCUT2D eigenvalue weighted by atomic mass is 10.5. The van der Waals surface area contributed by atoms with E-state index in [-0.39, 0.29) is 12.5 Å². The van der Waals surface area contributed by atoms with E-state index in [0.29, 0.717) is 0 Å². The summed E-state index contributed by atoms with van der Waals surface area (Å²) >= 11 is 0. The lowest BCUT2D eigenvalue weighted by Crippen LogP contribution is -2.25. The predicted octanol–water partition coefficient (Wildman–Crippen LogP) is -0.422. The molecule has 0 saturated heterocycles. The summed E-state index contributed by atoms with van der Waals surface area (Å²) in [4.78, 5) is 10.8. The molecule has 1 aromatic rings. The number of aromatic nitrogens is 2. The van der Waals surface area contributed by atoms with Crippen molar-refractivity contribution >= 4 is 11.6 Å². The van der Waals surface area contributed by atoms with Gasteiger partial charge >= 0.3 is 0 Å². The Bertz CT molecular complexity index is 268. The molecular formula is C7H12N4O. The van der Waals surface area contributed by atoms with Crippen molar-refractivity contribution in [3.8, 4) is 0 Å². The van der Waals surface area contributed by atoms with E-state index in [9.17, 15) is 4.79 Å². The van der Waals surface area contributed by atoms with Gasteiger partial charge in [0.1, 0.15) is 0 Å². The molecule has 0 fully saturated rings. The molecule has 66 valence electrons. The van der Waals surface area contributed by atoms with Crippen LogP contribution in [0, 0.1) is 0 Å². The highest BCUT2D eigenvalue weighted by molar-refractivity contribution is 5.80. The molecule has 0 saturated carbocycles. The minimum absolute atomic E-state index is 0.0427. The zero-order chi connectivity index (χ0) is 8.97. The maximum absolute atomic E-state index is 10.8. The second kappa shape index (κ2) is 3.75. The first-order valence-electron chi connectivity index (χ1n) is 3.65. The molecule has 0 bridgehead atoms. The lowest BCUT2D eigenvalue weighted by Gasteiger charge is -2.00. The maximum atomic E-state index is 10.8. The van der Waals surface area contributed by atoms with Gasteiger partial charge in [0, 0.05) is 20.3 Å². The molecule has 0 spiro atoms. The number of hydrogen-bond acceptors (Lipinski definition) is 3. The number of nitrogens with zero attached hydrogens (tertiary/aromatic N) is 2. The number of nitrogens with one attached hydrogen (secondary N) is 2. The van der Waals surface area contributed by atoms with Gasteiger partial charge in [-0.2, -0.15) is 5.10 Å². The largest absolute Gasteiger partial charge is 0.374 e. The molecular weight excluding hydrogens is 156 g/mol. The van der Waals surface area contributed by atoms with Gasteiger partial charge in [-0.05, 0) is 0 Å². The number of aryl methyl sites for hydroxylation is 1. The van der Waals surface area contributed by atoms with Gasteiger partial charge in [-0.15, -0.1) is 0 Å². The van der Waals surface area contributed by atoms with E-state index in [4.69, 9.17) is 0 Å². The monoisotopic (exact) mass is 168 g/mol. The topological polar surface area (TPSA) is 59.0 Å². The summed E-state index contributed by atoms with van der Waals surface area (Å²) in [5.74, 6) is -0.0427. The van der Waals surface area contributed by atoms with Gasteiger partial charge in [-0.25, -0.2) is 0 Å². The van der Waals surface area contributed by atoms with Crippen molar-refractivity contribution in [2.75, 3.05) is 18.9 Å². The Morgan fingerprint density at radius 2 is 2.50 bits per heavy atom. The summed E-state index contributed by atoms with van der Waals surface area (Å²) in [6.45, 7) is 0.280. The Hall–Kier alpha value is -1.52. The zero-order valence-corrected chi connectivity index (χ0v) is 7.16. The normalized spacial score (nSPS) is 9.50. The van der Waals surface area contributed by atoms with Gasteiger partial charge in [0.15, 0.2) is 0 Å². The second-order valence-corrected chi connectivity index (χ2v) is 2.43. The molecule has 0 aromatic carbocycles. The van der Waals surface area contributed by atoms with Gasteiger partial charge in [0.2, 0.25) is 5.91 Å². The summed E-state index contributed by atoms with van der Waals surface area (Å²) in [5.41, 5.74) is 0.848. The van der Waals surface area contributed by atoms with Crippen molar-refractivity contribution in [3.63, 3.8) is 0 Å². The van der Waals surface area contributed by atoms with Gasteiger partial charge < -0.3 is 10.6 Å². The summed E-state index contributed by atoms with van der Waals surface area (Å²) in [5, 5.41) is 9.38. The van der Waals surface area contributed by atoms with Crippen LogP contribution in [0.5, 0.6) is 0 Å². The Morgan fingerprint density at radius 1 is 1.75 bits per heavy atom. The fourth-order valence-electron chi connectivity index (χ4n) is 0.783. The highest BCUT2D eigenvalue weighted by Crippen LogP contribution is 2.01. The molecule has 0 atom stereocenters. The quantitative estimate of drug-likeness (QED) is 0.644. The standard InChI is InChI=1S/C7H12N4O/c1-8-7(12)4-9-6-3-10-11(2)5-6/h3,5,9H,4H2,1-2H3,(H,8,12). The van der Waals surface area contributed by atoms with E-state index in [0.717, 1.165) is 5.69 Å². The van der Waals surface area contributed by atoms with Crippen LogP contribution in [-0.2, 0) is 11.8 Å². The number of carbonyl (C=O) groups is 1. The highest BCUT2D eigenvalue weighted by atomic mass is 16.1. The van der Waals surface area contributed by atoms with Crippen molar-refractivity contribution in [1.29, 1.82) is 0 Å². The summed E-state index contributed by atoms with van der Waals surface area (Å²) in [6, 6.07) is 0. The minimum Gasteiger partial charge on any atom is -0.374 e. The van der Waals surface area contributed by atoms with Gasteiger partial charge in [0.05, 0.1) is 18.4 Å². The fraction of sp³-hybridized carbons (Fsp3) is 0.429. The molecule has 1 amide bonds. The minimum atomic E-state index is -0.0427. The number of carbonyl (C=O) groups excluding carboxylic acids is 1. The van der Waals surface area contributed by atoms with Crippen molar-refractivity contribution < 1.29 is 4.79 Å². The van der Waals surface area contributed by atoms with E-state index in [1.807, 2.05) is 13.2 Å². The third kappa shape index (κ3) is 2.26. The van der Waals surface area contributed by atoms with E-state index in [2.05, 4.69) is 15.7 Å². The Morgan fingerprint density at radius 3 is 3.00 bits per heavy atom. The summed E-state index contributed by atoms with van der Waals surface area (Å²) < 4.78 is 1.67. The lowest BCUT2D eigenvalue weighted by molar-refractivity contribution is -0.118. The van der Waals surface area contributed by atoms with Gasteiger partial charge in [-0.1, -0.05) is 0 Å². The first-order chi connectivity index (χ1) is 5.72. The first-order valence-corrected chi connectivity index (χ1v) is 3.65. The Labute approximate surface area is 70.8 Å². The second-order valence-electron chi connectivity index (χ2n) is 2.43. The van der Waals surface area contributed by atoms with E-state index in [1.54, 1.807) is 17.9 Å². The third-order valence-electron chi connectivity index (χ3n) is 1.44. The van der Waals surface area contributed by atoms with Gasteiger partial charge in [-0.3, -0.25) is 9.48 Å². The predicted molar refractivity (Wildman–Crippen MR) is 45.8 cm³/mol. The molecule has 0 radical (unpaired) electrons. The molecule has 12 heavy (non-hydrogen) atoms. The molecule has 1 rings (SSSR count). The molecule has 1 aromatic heterocycles. The zero-order valence-electron chi connectivity index (χ0n) is 7.16. The molecule has 0 aliphatic rings. The highest BCUT2D eigenvalue weighted by Gasteiger charge is 1.98. The van der Waals surface area contributed by atoms with E-state index < -0.39 is 0 Å². The number of amides is 1. The average Bonchev–Trinajstić information content (AvgIpc) is 2.47. The fourth-order valence-corrected chi connectivity index (χ4v) is 0.783. The Kier molecular flexibility index (Phi) is 2.68. The third-order valence-corrected chi connectivity index (χ3v) is 1.44. The number of likely N-dealkylation sites (N-methyl/N-ethyl adjacent to an activating group) is 1. The van der Waals surface area contributed by atoms with Crippen LogP contribution in [0.3, 0.4) is 0 Å². The first kappa shape index (κ1) is 8.58. The molecule has 5 heteroatoms. The number of hydrogen-bond donors (Lipinski definition) is 2. The molecule has 5 nitrogen and oxygen atoms in total. The molecule has 1 heterocycles. The van der Waals surface area contributed by atoms with Crippen molar-refractivity contribution in [1.82, 2.24) is 15.1 Å². The van der Waals surface area contributed by atoms with Crippen molar-refractivity contribution in [2.24, 2.45) is 7.05 Å². The average molecular weight is 168 g/mol. The Balaban J connectivity index is 2.38.